The van der Waals surface area contributed by atoms with Gasteiger partial charge < -0.3 is 0 Å². The van der Waals surface area contributed by atoms with Gasteiger partial charge in [-0.05, 0) is 23.5 Å². The molecule has 128 valence electrons. The summed E-state index contributed by atoms with van der Waals surface area (Å²) in [5.41, 5.74) is 0.883. The highest BCUT2D eigenvalue weighted by Gasteiger charge is 2.44. The van der Waals surface area contributed by atoms with Crippen LogP contribution in [0.2, 0.25) is 5.02 Å². The van der Waals surface area contributed by atoms with E-state index in [0.717, 1.165) is 0 Å². The lowest BCUT2D eigenvalue weighted by molar-refractivity contribution is -0.118. The van der Waals surface area contributed by atoms with Crippen molar-refractivity contribution in [2.45, 2.75) is 32.7 Å². The molecule has 0 radical (unpaired) electrons. The molecule has 0 spiro atoms. The molecule has 1 aliphatic carbocycles. The number of Topliss-reactive ketones (excluding diaryl/α,β-unsaturated/α-hetero) is 1. The maximum absolute atomic E-state index is 12.9. The zero-order valence-corrected chi connectivity index (χ0v) is 14.7. The molecule has 0 N–H and O–H groups in total. The first-order valence-corrected chi connectivity index (χ1v) is 8.54. The van der Waals surface area contributed by atoms with Crippen molar-refractivity contribution in [3.05, 3.63) is 73.3 Å². The Labute approximate surface area is 149 Å². The summed E-state index contributed by atoms with van der Waals surface area (Å²) in [4.78, 5) is 38.1. The highest BCUT2D eigenvalue weighted by molar-refractivity contribution is 6.31. The molecule has 2 aromatic rings. The largest absolute Gasteiger partial charge is 0.294 e. The van der Waals surface area contributed by atoms with E-state index in [1.54, 1.807) is 18.2 Å². The molecule has 4 rings (SSSR count). The number of hydrogen-bond donors (Lipinski definition) is 0. The molecule has 0 fully saturated rings. The van der Waals surface area contributed by atoms with E-state index in [0.29, 0.717) is 34.7 Å². The lowest BCUT2D eigenvalue weighted by Gasteiger charge is -2.30. The van der Waals surface area contributed by atoms with Gasteiger partial charge in [0.05, 0.1) is 5.70 Å². The Morgan fingerprint density at radius 3 is 2.40 bits per heavy atom. The van der Waals surface area contributed by atoms with Crippen LogP contribution in [0.25, 0.3) is 5.70 Å². The Hall–Kier alpha value is -2.40. The van der Waals surface area contributed by atoms with Crippen LogP contribution in [0.5, 0.6) is 0 Å². The van der Waals surface area contributed by atoms with E-state index in [1.165, 1.54) is 21.5 Å². The molecular formula is C19H17ClN2O3. The van der Waals surface area contributed by atoms with Gasteiger partial charge in [0.15, 0.2) is 5.78 Å². The maximum atomic E-state index is 12.9. The molecule has 5 nitrogen and oxygen atoms in total. The van der Waals surface area contributed by atoms with Crippen molar-refractivity contribution in [3.8, 4) is 0 Å². The minimum absolute atomic E-state index is 0.0360. The number of allylic oxidation sites excluding steroid dienone is 2. The summed E-state index contributed by atoms with van der Waals surface area (Å²) in [5.74, 6) is -0.0360. The van der Waals surface area contributed by atoms with Crippen molar-refractivity contribution in [1.82, 2.24) is 9.36 Å². The number of nitrogens with zero attached hydrogens (tertiary/aromatic N) is 2. The molecule has 1 aliphatic heterocycles. The molecule has 0 saturated heterocycles. The minimum Gasteiger partial charge on any atom is -0.294 e. The van der Waals surface area contributed by atoms with Crippen LogP contribution in [0.3, 0.4) is 0 Å². The molecule has 0 amide bonds. The van der Waals surface area contributed by atoms with Crippen LogP contribution in [-0.2, 0) is 4.79 Å². The smallest absolute Gasteiger partial charge is 0.269 e. The van der Waals surface area contributed by atoms with Gasteiger partial charge in [-0.3, -0.25) is 14.4 Å². The van der Waals surface area contributed by atoms with Gasteiger partial charge in [-0.25, -0.2) is 9.36 Å². The lowest BCUT2D eigenvalue weighted by atomic mass is 9.74. The van der Waals surface area contributed by atoms with E-state index in [-0.39, 0.29) is 22.3 Å². The van der Waals surface area contributed by atoms with Crippen LogP contribution < -0.4 is 11.1 Å². The molecule has 1 atom stereocenters. The predicted octanol–water partition coefficient (Wildman–Crippen LogP) is 2.87. The van der Waals surface area contributed by atoms with Gasteiger partial charge in [0.25, 0.3) is 11.1 Å². The third kappa shape index (κ3) is 2.34. The quantitative estimate of drug-likeness (QED) is 0.789. The van der Waals surface area contributed by atoms with Crippen LogP contribution in [0, 0.1) is 5.41 Å². The Kier molecular flexibility index (Phi) is 3.41. The number of hydrogen-bond acceptors (Lipinski definition) is 3. The molecule has 2 heterocycles. The Bertz CT molecular complexity index is 1060. The first-order valence-electron chi connectivity index (χ1n) is 8.16. The van der Waals surface area contributed by atoms with Crippen molar-refractivity contribution in [2.24, 2.45) is 5.41 Å². The number of aromatic nitrogens is 2. The maximum Gasteiger partial charge on any atom is 0.269 e. The molecule has 0 bridgehead atoms. The standard InChI is InChI=1S/C19H17ClN2O3/c1-19(2)9-13-17(14(23)10-19)18(11-5-3-4-6-12(11)20)22-16(25)8-7-15(24)21(13)22/h3-8,18H,9-10H2,1-2H3. The minimum atomic E-state index is -0.659. The summed E-state index contributed by atoms with van der Waals surface area (Å²) in [6, 6.07) is 8.97. The lowest BCUT2D eigenvalue weighted by Crippen LogP contribution is -2.36. The van der Waals surface area contributed by atoms with Crippen molar-refractivity contribution >= 4 is 23.1 Å². The van der Waals surface area contributed by atoms with Crippen LogP contribution in [0.1, 0.15) is 38.3 Å². The highest BCUT2D eigenvalue weighted by Crippen LogP contribution is 2.47. The molecule has 25 heavy (non-hydrogen) atoms. The molecule has 2 aliphatic rings. The predicted molar refractivity (Wildman–Crippen MR) is 95.8 cm³/mol. The zero-order valence-electron chi connectivity index (χ0n) is 14.0. The highest BCUT2D eigenvalue weighted by atomic mass is 35.5. The number of rotatable bonds is 1. The Balaban J connectivity index is 2.09. The number of halogens is 1. The molecule has 0 saturated carbocycles. The van der Waals surface area contributed by atoms with Gasteiger partial charge in [0.2, 0.25) is 0 Å². The second-order valence-electron chi connectivity index (χ2n) is 7.39. The van der Waals surface area contributed by atoms with Crippen molar-refractivity contribution in [1.29, 1.82) is 0 Å². The van der Waals surface area contributed by atoms with Gasteiger partial charge in [0, 0.05) is 29.1 Å². The van der Waals surface area contributed by atoms with Gasteiger partial charge >= 0.3 is 0 Å². The SMILES string of the molecule is CC1(C)CC(=O)C2=C(C1)n1c(=O)ccc(=O)n1C2c1ccccc1Cl. The molecular weight excluding hydrogens is 340 g/mol. The fourth-order valence-electron chi connectivity index (χ4n) is 3.91. The van der Waals surface area contributed by atoms with E-state index in [2.05, 4.69) is 0 Å². The summed E-state index contributed by atoms with van der Waals surface area (Å²) in [6.45, 7) is 3.99. The second-order valence-corrected chi connectivity index (χ2v) is 7.80. The molecule has 1 unspecified atom stereocenters. The third-order valence-corrected chi connectivity index (χ3v) is 5.23. The number of fused-ring (bicyclic) bond motifs is 2. The number of benzene rings is 1. The first kappa shape index (κ1) is 16.1. The fraction of sp³-hybridized carbons (Fsp3) is 0.316. The average molecular weight is 357 g/mol. The fourth-order valence-corrected chi connectivity index (χ4v) is 4.15. The Morgan fingerprint density at radius 2 is 1.68 bits per heavy atom. The van der Waals surface area contributed by atoms with Crippen molar-refractivity contribution < 1.29 is 4.79 Å². The summed E-state index contributed by atoms with van der Waals surface area (Å²) >= 11 is 6.36. The van der Waals surface area contributed by atoms with E-state index in [4.69, 9.17) is 11.6 Å². The second kappa shape index (κ2) is 5.30. The van der Waals surface area contributed by atoms with Crippen molar-refractivity contribution in [3.63, 3.8) is 0 Å². The summed E-state index contributed by atoms with van der Waals surface area (Å²) < 4.78 is 2.73. The van der Waals surface area contributed by atoms with E-state index in [1.807, 2.05) is 19.9 Å². The number of carbonyl (C=O) groups is 1. The van der Waals surface area contributed by atoms with Crippen LogP contribution in [0.15, 0.2) is 51.6 Å². The Morgan fingerprint density at radius 1 is 1.00 bits per heavy atom. The van der Waals surface area contributed by atoms with Crippen LogP contribution >= 0.6 is 11.6 Å². The third-order valence-electron chi connectivity index (χ3n) is 4.89. The van der Waals surface area contributed by atoms with Gasteiger partial charge in [-0.2, -0.15) is 0 Å². The van der Waals surface area contributed by atoms with E-state index < -0.39 is 6.04 Å². The topological polar surface area (TPSA) is 61.1 Å². The monoisotopic (exact) mass is 356 g/mol. The number of ketones is 1. The molecule has 1 aromatic heterocycles. The van der Waals surface area contributed by atoms with Crippen LogP contribution in [0.4, 0.5) is 0 Å². The first-order chi connectivity index (χ1) is 11.8. The van der Waals surface area contributed by atoms with Gasteiger partial charge in [-0.15, -0.1) is 0 Å². The van der Waals surface area contributed by atoms with E-state index >= 15 is 0 Å². The average Bonchev–Trinajstić information content (AvgIpc) is 2.86. The zero-order chi connectivity index (χ0) is 17.9. The van der Waals surface area contributed by atoms with E-state index in [9.17, 15) is 14.4 Å². The normalized spacial score (nSPS) is 21.2. The summed E-state index contributed by atoms with van der Waals surface area (Å²) in [6.07, 6.45) is 0.933. The van der Waals surface area contributed by atoms with Crippen molar-refractivity contribution in [2.75, 3.05) is 0 Å². The summed E-state index contributed by atoms with van der Waals surface area (Å²) in [5, 5.41) is 0.466. The van der Waals surface area contributed by atoms with Crippen LogP contribution in [-0.4, -0.2) is 15.1 Å². The molecule has 1 aromatic carbocycles. The summed E-state index contributed by atoms with van der Waals surface area (Å²) in [7, 11) is 0. The molecule has 6 heteroatoms. The van der Waals surface area contributed by atoms with Gasteiger partial charge in [-0.1, -0.05) is 43.6 Å². The van der Waals surface area contributed by atoms with Gasteiger partial charge in [0.1, 0.15) is 6.04 Å². The number of carbonyl (C=O) groups excluding carboxylic acids is 1.